The molecular weight excluding hydrogens is 514 g/mol. The monoisotopic (exact) mass is 551 g/mol. The molecule has 1 amide bonds. The molecule has 9 nitrogen and oxygen atoms in total. The molecule has 2 fully saturated rings. The largest absolute Gasteiger partial charge is 0.463 e. The fraction of sp³-hybridized carbons (Fsp3) is 0.438. The van der Waals surface area contributed by atoms with Crippen molar-refractivity contribution >= 4 is 28.2 Å². The van der Waals surface area contributed by atoms with Crippen LogP contribution in [0.5, 0.6) is 6.01 Å². The number of piperazine rings is 1. The Labute approximate surface area is 241 Å². The number of anilines is 2. The van der Waals surface area contributed by atoms with Crippen LogP contribution in [0, 0.1) is 17.2 Å². The van der Waals surface area contributed by atoms with Gasteiger partial charge in [0.15, 0.2) is 0 Å². The Kier molecular flexibility index (Phi) is 7.75. The van der Waals surface area contributed by atoms with E-state index < -0.39 is 0 Å². The Balaban J connectivity index is 1.32. The van der Waals surface area contributed by atoms with E-state index in [-0.39, 0.29) is 18.4 Å². The number of carbonyl (C=O) groups excluding carboxylic acids is 1. The van der Waals surface area contributed by atoms with Gasteiger partial charge >= 0.3 is 6.01 Å². The first kappa shape index (κ1) is 27.0. The van der Waals surface area contributed by atoms with Crippen molar-refractivity contribution in [3.8, 4) is 12.1 Å². The number of hydrogen-bond donors (Lipinski definition) is 0. The smallest absolute Gasteiger partial charge is 0.318 e. The molecule has 4 heterocycles. The highest BCUT2D eigenvalue weighted by Gasteiger charge is 2.33. The molecule has 212 valence electrons. The summed E-state index contributed by atoms with van der Waals surface area (Å²) in [5.74, 6) is 1.20. The van der Waals surface area contributed by atoms with Crippen molar-refractivity contribution in [1.29, 1.82) is 5.26 Å². The van der Waals surface area contributed by atoms with Gasteiger partial charge < -0.3 is 24.3 Å². The highest BCUT2D eigenvalue weighted by atomic mass is 16.5. The second kappa shape index (κ2) is 11.8. The summed E-state index contributed by atoms with van der Waals surface area (Å²) < 4.78 is 6.27. The van der Waals surface area contributed by atoms with Crippen molar-refractivity contribution in [2.24, 2.45) is 5.92 Å². The molecule has 0 N–H and O–H groups in total. The lowest BCUT2D eigenvalue weighted by Gasteiger charge is -2.42. The summed E-state index contributed by atoms with van der Waals surface area (Å²) in [6, 6.07) is 17.4. The highest BCUT2D eigenvalue weighted by molar-refractivity contribution is 5.94. The minimum Gasteiger partial charge on any atom is -0.463 e. The van der Waals surface area contributed by atoms with Gasteiger partial charge in [0.25, 0.3) is 0 Å². The lowest BCUT2D eigenvalue weighted by Crippen LogP contribution is -2.55. The third-order valence-corrected chi connectivity index (χ3v) is 8.63. The van der Waals surface area contributed by atoms with Crippen LogP contribution >= 0.6 is 0 Å². The van der Waals surface area contributed by atoms with Crippen LogP contribution in [0.15, 0.2) is 55.1 Å². The van der Waals surface area contributed by atoms with E-state index in [1.165, 1.54) is 22.5 Å². The summed E-state index contributed by atoms with van der Waals surface area (Å²) in [5, 5.41) is 12.0. The van der Waals surface area contributed by atoms with Crippen molar-refractivity contribution in [1.82, 2.24) is 19.8 Å². The number of amides is 1. The van der Waals surface area contributed by atoms with Crippen molar-refractivity contribution in [2.75, 3.05) is 62.7 Å². The van der Waals surface area contributed by atoms with Gasteiger partial charge in [0, 0.05) is 55.3 Å². The number of likely N-dealkylation sites (tertiary alicyclic amines) is 1. The van der Waals surface area contributed by atoms with Crippen LogP contribution in [0.3, 0.4) is 0 Å². The number of benzene rings is 2. The van der Waals surface area contributed by atoms with Crippen molar-refractivity contribution in [2.45, 2.75) is 31.8 Å². The van der Waals surface area contributed by atoms with Crippen molar-refractivity contribution in [3.05, 3.63) is 66.4 Å². The summed E-state index contributed by atoms with van der Waals surface area (Å²) in [4.78, 5) is 31.2. The molecule has 2 aromatic carbocycles. The van der Waals surface area contributed by atoms with Crippen LogP contribution in [-0.4, -0.2) is 84.6 Å². The molecule has 6 rings (SSSR count). The first-order valence-electron chi connectivity index (χ1n) is 14.5. The summed E-state index contributed by atoms with van der Waals surface area (Å²) >= 11 is 0. The number of ether oxygens (including phenoxy) is 1. The van der Waals surface area contributed by atoms with E-state index >= 15 is 0 Å². The first-order valence-corrected chi connectivity index (χ1v) is 14.5. The molecule has 0 saturated carbocycles. The summed E-state index contributed by atoms with van der Waals surface area (Å²) in [6.07, 6.45) is 3.51. The highest BCUT2D eigenvalue weighted by Crippen LogP contribution is 2.35. The standard InChI is InChI=1S/C32H37N7O2/c1-3-30(40)39-18-17-38(20-25(39)11-14-33)31-27-13-16-37(29-10-6-8-24-7-4-5-9-26(24)29)21-28(27)34-32(35-31)41-22-23-12-15-36(2)19-23/h3-10,23,25H,1,11-13,15-22H2,2H3/t23-,25?/m1/s1. The average Bonchev–Trinajstić information content (AvgIpc) is 3.43. The summed E-state index contributed by atoms with van der Waals surface area (Å²) in [5.41, 5.74) is 3.32. The topological polar surface area (TPSA) is 88.8 Å². The number of nitrogens with zero attached hydrogens (tertiary/aromatic N) is 7. The van der Waals surface area contributed by atoms with E-state index in [1.807, 2.05) is 0 Å². The molecule has 2 saturated heterocycles. The third kappa shape index (κ3) is 5.57. The fourth-order valence-corrected chi connectivity index (χ4v) is 6.49. The Hall–Kier alpha value is -4.16. The minimum absolute atomic E-state index is 0.133. The van der Waals surface area contributed by atoms with Gasteiger partial charge in [-0.3, -0.25) is 4.79 Å². The van der Waals surface area contributed by atoms with Crippen molar-refractivity contribution in [3.63, 3.8) is 0 Å². The second-order valence-electron chi connectivity index (χ2n) is 11.4. The van der Waals surface area contributed by atoms with E-state index in [1.54, 1.807) is 4.90 Å². The van der Waals surface area contributed by atoms with Gasteiger partial charge in [-0.15, -0.1) is 0 Å². The molecule has 0 aliphatic carbocycles. The fourth-order valence-electron chi connectivity index (χ4n) is 6.49. The Morgan fingerprint density at radius 3 is 2.76 bits per heavy atom. The Morgan fingerprint density at radius 1 is 1.10 bits per heavy atom. The van der Waals surface area contributed by atoms with Crippen LogP contribution in [0.25, 0.3) is 10.8 Å². The molecule has 9 heteroatoms. The van der Waals surface area contributed by atoms with Crippen LogP contribution in [-0.2, 0) is 17.8 Å². The van der Waals surface area contributed by atoms with Gasteiger partial charge in [0.1, 0.15) is 5.82 Å². The molecule has 0 radical (unpaired) electrons. The predicted octanol–water partition coefficient (Wildman–Crippen LogP) is 3.64. The zero-order valence-corrected chi connectivity index (χ0v) is 23.7. The Morgan fingerprint density at radius 2 is 1.95 bits per heavy atom. The number of fused-ring (bicyclic) bond motifs is 2. The Bertz CT molecular complexity index is 1480. The molecule has 1 aromatic heterocycles. The van der Waals surface area contributed by atoms with Gasteiger partial charge in [0.2, 0.25) is 5.91 Å². The zero-order valence-electron chi connectivity index (χ0n) is 23.7. The van der Waals surface area contributed by atoms with Gasteiger partial charge in [-0.25, -0.2) is 0 Å². The number of hydrogen-bond acceptors (Lipinski definition) is 8. The van der Waals surface area contributed by atoms with E-state index in [0.717, 1.165) is 49.6 Å². The number of nitriles is 1. The number of aromatic nitrogens is 2. The summed E-state index contributed by atoms with van der Waals surface area (Å²) in [7, 11) is 2.14. The van der Waals surface area contributed by atoms with Crippen molar-refractivity contribution < 1.29 is 9.53 Å². The van der Waals surface area contributed by atoms with Crippen LogP contribution in [0.1, 0.15) is 24.1 Å². The maximum absolute atomic E-state index is 12.5. The molecule has 41 heavy (non-hydrogen) atoms. The molecule has 1 unspecified atom stereocenters. The second-order valence-corrected chi connectivity index (χ2v) is 11.4. The quantitative estimate of drug-likeness (QED) is 0.412. The van der Waals surface area contributed by atoms with Gasteiger partial charge in [0.05, 0.1) is 37.4 Å². The van der Waals surface area contributed by atoms with Gasteiger partial charge in [-0.1, -0.05) is 43.0 Å². The van der Waals surface area contributed by atoms with E-state index in [9.17, 15) is 10.1 Å². The van der Waals surface area contributed by atoms with Crippen LogP contribution in [0.2, 0.25) is 0 Å². The molecule has 3 aliphatic rings. The summed E-state index contributed by atoms with van der Waals surface area (Å²) in [6.45, 7) is 9.54. The lowest BCUT2D eigenvalue weighted by atomic mass is 10.0. The molecular formula is C32H37N7O2. The predicted molar refractivity (Wildman–Crippen MR) is 160 cm³/mol. The third-order valence-electron chi connectivity index (χ3n) is 8.63. The zero-order chi connectivity index (χ0) is 28.3. The van der Waals surface area contributed by atoms with Crippen LogP contribution in [0.4, 0.5) is 11.5 Å². The molecule has 0 spiro atoms. The number of rotatable bonds is 7. The maximum atomic E-state index is 12.5. The SMILES string of the molecule is C=CC(=O)N1CCN(c2nc(OC[C@@H]3CCN(C)C3)nc3c2CCN(c2cccc4ccccc24)C3)CC1CC#N. The molecule has 2 atom stereocenters. The van der Waals surface area contributed by atoms with Gasteiger partial charge in [-0.2, -0.15) is 15.2 Å². The van der Waals surface area contributed by atoms with E-state index in [4.69, 9.17) is 14.7 Å². The lowest BCUT2D eigenvalue weighted by molar-refractivity contribution is -0.128. The normalized spacial score (nSPS) is 21.0. The molecule has 0 bridgehead atoms. The average molecular weight is 552 g/mol. The minimum atomic E-state index is -0.223. The van der Waals surface area contributed by atoms with Gasteiger partial charge in [-0.05, 0) is 44.0 Å². The van der Waals surface area contributed by atoms with Crippen LogP contribution < -0.4 is 14.5 Å². The van der Waals surface area contributed by atoms with E-state index in [2.05, 4.69) is 76.9 Å². The van der Waals surface area contributed by atoms with E-state index in [0.29, 0.717) is 44.7 Å². The molecule has 3 aromatic rings. The molecule has 3 aliphatic heterocycles. The number of carbonyl (C=O) groups is 1. The maximum Gasteiger partial charge on any atom is 0.318 e. The first-order chi connectivity index (χ1) is 20.0.